The highest BCUT2D eigenvalue weighted by molar-refractivity contribution is 6.35. The minimum Gasteiger partial charge on any atom is -0.287 e. The third-order valence-electron chi connectivity index (χ3n) is 4.24. The predicted octanol–water partition coefficient (Wildman–Crippen LogP) is 4.61. The number of benzene rings is 2. The van der Waals surface area contributed by atoms with E-state index in [1.54, 1.807) is 44.2 Å². The Morgan fingerprint density at radius 2 is 1.83 bits per heavy atom. The SMILES string of the molecule is CC1(C)CC(=O)NN1C(c1cccc2cccc(Cl)c12)C(F)(F)F. The van der Waals surface area contributed by atoms with E-state index in [1.807, 2.05) is 0 Å². The van der Waals surface area contributed by atoms with Crippen molar-refractivity contribution in [3.05, 3.63) is 47.0 Å². The van der Waals surface area contributed by atoms with E-state index in [0.717, 1.165) is 5.01 Å². The molecule has 3 rings (SSSR count). The second-order valence-electron chi connectivity index (χ2n) is 6.52. The monoisotopic (exact) mass is 356 g/mol. The Kier molecular flexibility index (Phi) is 4.00. The minimum atomic E-state index is -4.58. The number of rotatable bonds is 2. The Morgan fingerprint density at radius 3 is 2.38 bits per heavy atom. The number of amides is 1. The average Bonchev–Trinajstić information content (AvgIpc) is 2.70. The molecule has 2 aromatic carbocycles. The molecule has 0 radical (unpaired) electrons. The summed E-state index contributed by atoms with van der Waals surface area (Å²) in [4.78, 5) is 11.7. The Bertz CT molecular complexity index is 799. The molecular weight excluding hydrogens is 341 g/mol. The number of carbonyl (C=O) groups is 1. The molecule has 1 atom stereocenters. The summed E-state index contributed by atoms with van der Waals surface area (Å²) in [7, 11) is 0. The molecule has 3 nitrogen and oxygen atoms in total. The van der Waals surface area contributed by atoms with E-state index >= 15 is 0 Å². The van der Waals surface area contributed by atoms with Crippen LogP contribution in [0.2, 0.25) is 5.02 Å². The van der Waals surface area contributed by atoms with Crippen LogP contribution < -0.4 is 5.43 Å². The summed E-state index contributed by atoms with van der Waals surface area (Å²) in [5.74, 6) is -0.430. The molecule has 1 aliphatic rings. The van der Waals surface area contributed by atoms with Gasteiger partial charge in [0.15, 0.2) is 6.04 Å². The number of nitrogens with one attached hydrogen (secondary N) is 1. The van der Waals surface area contributed by atoms with Crippen molar-refractivity contribution in [3.8, 4) is 0 Å². The van der Waals surface area contributed by atoms with Crippen LogP contribution in [0.5, 0.6) is 0 Å². The summed E-state index contributed by atoms with van der Waals surface area (Å²) in [5.41, 5.74) is 1.42. The van der Waals surface area contributed by atoms with Crippen LogP contribution in [0.15, 0.2) is 36.4 Å². The van der Waals surface area contributed by atoms with E-state index in [-0.39, 0.29) is 17.0 Å². The zero-order valence-corrected chi connectivity index (χ0v) is 13.9. The summed E-state index contributed by atoms with van der Waals surface area (Å²) in [6.07, 6.45) is -4.58. The number of hydrogen-bond acceptors (Lipinski definition) is 2. The lowest BCUT2D eigenvalue weighted by Gasteiger charge is -2.38. The summed E-state index contributed by atoms with van der Waals surface area (Å²) in [6.45, 7) is 3.22. The van der Waals surface area contributed by atoms with Gasteiger partial charge in [-0.25, -0.2) is 0 Å². The standard InChI is InChI=1S/C17H16ClF3N2O/c1-16(2)9-13(24)22-23(16)15(17(19,20)21)11-7-3-5-10-6-4-8-12(18)14(10)11/h3-8,15H,9H2,1-2H3,(H,22,24). The molecule has 0 saturated carbocycles. The number of alkyl halides is 3. The van der Waals surface area contributed by atoms with Gasteiger partial charge in [-0.15, -0.1) is 0 Å². The minimum absolute atomic E-state index is 0.00191. The molecule has 128 valence electrons. The second-order valence-corrected chi connectivity index (χ2v) is 6.93. The molecule has 1 saturated heterocycles. The van der Waals surface area contributed by atoms with Crippen LogP contribution in [0.4, 0.5) is 13.2 Å². The lowest BCUT2D eigenvalue weighted by molar-refractivity contribution is -0.203. The fraction of sp³-hybridized carbons (Fsp3) is 0.353. The molecule has 1 unspecified atom stereocenters. The van der Waals surface area contributed by atoms with Gasteiger partial charge in [0.05, 0.1) is 0 Å². The second kappa shape index (κ2) is 5.63. The third-order valence-corrected chi connectivity index (χ3v) is 4.55. The van der Waals surface area contributed by atoms with Gasteiger partial charge in [-0.3, -0.25) is 10.2 Å². The van der Waals surface area contributed by atoms with Gasteiger partial charge < -0.3 is 0 Å². The van der Waals surface area contributed by atoms with Crippen molar-refractivity contribution in [1.29, 1.82) is 0 Å². The first kappa shape index (κ1) is 17.0. The van der Waals surface area contributed by atoms with Crippen LogP contribution in [0.1, 0.15) is 31.9 Å². The van der Waals surface area contributed by atoms with E-state index in [0.29, 0.717) is 10.8 Å². The van der Waals surface area contributed by atoms with E-state index in [9.17, 15) is 18.0 Å². The topological polar surface area (TPSA) is 32.3 Å². The van der Waals surface area contributed by atoms with E-state index in [2.05, 4.69) is 5.43 Å². The van der Waals surface area contributed by atoms with Crippen molar-refractivity contribution in [2.24, 2.45) is 0 Å². The quantitative estimate of drug-likeness (QED) is 0.852. The Labute approximate surface area is 142 Å². The molecule has 1 heterocycles. The van der Waals surface area contributed by atoms with Crippen molar-refractivity contribution >= 4 is 28.3 Å². The van der Waals surface area contributed by atoms with Gasteiger partial charge in [0.2, 0.25) is 5.91 Å². The highest BCUT2D eigenvalue weighted by Gasteiger charge is 2.53. The molecule has 2 aromatic rings. The van der Waals surface area contributed by atoms with Crippen LogP contribution in [0.3, 0.4) is 0 Å². The molecule has 1 fully saturated rings. The first-order chi connectivity index (χ1) is 11.1. The number of hydrazine groups is 1. The van der Waals surface area contributed by atoms with Gasteiger partial charge in [-0.2, -0.15) is 18.2 Å². The molecule has 1 amide bonds. The van der Waals surface area contributed by atoms with Crippen molar-refractivity contribution in [2.75, 3.05) is 0 Å². The molecule has 0 spiro atoms. The summed E-state index contributed by atoms with van der Waals surface area (Å²) in [5, 5.41) is 2.21. The number of fused-ring (bicyclic) bond motifs is 1. The normalized spacial score (nSPS) is 19.5. The highest BCUT2D eigenvalue weighted by atomic mass is 35.5. The number of halogens is 4. The summed E-state index contributed by atoms with van der Waals surface area (Å²) in [6, 6.07) is 7.68. The van der Waals surface area contributed by atoms with Gasteiger partial charge >= 0.3 is 6.18 Å². The molecule has 0 bridgehead atoms. The largest absolute Gasteiger partial charge is 0.409 e. The fourth-order valence-corrected chi connectivity index (χ4v) is 3.52. The van der Waals surface area contributed by atoms with Crippen molar-refractivity contribution < 1.29 is 18.0 Å². The highest BCUT2D eigenvalue weighted by Crippen LogP contribution is 2.45. The van der Waals surface area contributed by atoms with Crippen LogP contribution in [-0.2, 0) is 4.79 Å². The average molecular weight is 357 g/mol. The van der Waals surface area contributed by atoms with Crippen LogP contribution in [-0.4, -0.2) is 22.6 Å². The zero-order valence-electron chi connectivity index (χ0n) is 13.1. The molecule has 1 N–H and O–H groups in total. The molecule has 1 aliphatic heterocycles. The maximum atomic E-state index is 14.0. The smallest absolute Gasteiger partial charge is 0.287 e. The fourth-order valence-electron chi connectivity index (χ4n) is 3.23. The Morgan fingerprint density at radius 1 is 1.21 bits per heavy atom. The van der Waals surface area contributed by atoms with E-state index < -0.39 is 23.7 Å². The lowest BCUT2D eigenvalue weighted by Crippen LogP contribution is -2.51. The number of nitrogens with zero attached hydrogens (tertiary/aromatic N) is 1. The van der Waals surface area contributed by atoms with E-state index in [4.69, 9.17) is 11.6 Å². The number of carbonyl (C=O) groups excluding carboxylic acids is 1. The maximum Gasteiger partial charge on any atom is 0.409 e. The summed E-state index contributed by atoms with van der Waals surface area (Å²) < 4.78 is 41.9. The van der Waals surface area contributed by atoms with Gasteiger partial charge in [-0.05, 0) is 30.9 Å². The zero-order chi connectivity index (χ0) is 17.7. The van der Waals surface area contributed by atoms with Crippen molar-refractivity contribution in [3.63, 3.8) is 0 Å². The van der Waals surface area contributed by atoms with Crippen LogP contribution >= 0.6 is 11.6 Å². The van der Waals surface area contributed by atoms with Gasteiger partial charge in [0.1, 0.15) is 0 Å². The lowest BCUT2D eigenvalue weighted by atomic mass is 9.94. The van der Waals surface area contributed by atoms with Gasteiger partial charge in [-0.1, -0.05) is 41.9 Å². The molecule has 24 heavy (non-hydrogen) atoms. The van der Waals surface area contributed by atoms with Crippen LogP contribution in [0.25, 0.3) is 10.8 Å². The van der Waals surface area contributed by atoms with Gasteiger partial charge in [0, 0.05) is 22.4 Å². The third kappa shape index (κ3) is 2.84. The Hall–Kier alpha value is -1.79. The van der Waals surface area contributed by atoms with Crippen molar-refractivity contribution in [2.45, 2.75) is 38.0 Å². The van der Waals surface area contributed by atoms with Crippen molar-refractivity contribution in [1.82, 2.24) is 10.4 Å². The van der Waals surface area contributed by atoms with Crippen LogP contribution in [0, 0.1) is 0 Å². The van der Waals surface area contributed by atoms with E-state index in [1.165, 1.54) is 6.07 Å². The Balaban J connectivity index is 2.24. The first-order valence-corrected chi connectivity index (χ1v) is 7.82. The molecule has 7 heteroatoms. The van der Waals surface area contributed by atoms with Gasteiger partial charge in [0.25, 0.3) is 0 Å². The first-order valence-electron chi connectivity index (χ1n) is 7.44. The predicted molar refractivity (Wildman–Crippen MR) is 86.4 cm³/mol. The summed E-state index contributed by atoms with van der Waals surface area (Å²) >= 11 is 6.19. The maximum absolute atomic E-state index is 14.0. The molecule has 0 aliphatic carbocycles. The number of hydrogen-bond donors (Lipinski definition) is 1. The molecular formula is C17H16ClF3N2O. The molecule has 0 aromatic heterocycles.